The number of amides is 1. The van der Waals surface area contributed by atoms with E-state index in [1.54, 1.807) is 0 Å². The molecule has 0 unspecified atom stereocenters. The van der Waals surface area contributed by atoms with E-state index in [2.05, 4.69) is 15.3 Å². The highest BCUT2D eigenvalue weighted by molar-refractivity contribution is 8.13. The van der Waals surface area contributed by atoms with Gasteiger partial charge in [-0.25, -0.2) is 18.2 Å². The molecular weight excluding hydrogens is 417 g/mol. The lowest BCUT2D eigenvalue weighted by atomic mass is 9.76. The fourth-order valence-electron chi connectivity index (χ4n) is 3.73. The summed E-state index contributed by atoms with van der Waals surface area (Å²) in [6, 6.07) is 6.56. The van der Waals surface area contributed by atoms with Crippen LogP contribution in [-0.2, 0) is 10.3 Å². The van der Waals surface area contributed by atoms with Crippen molar-refractivity contribution < 1.29 is 22.7 Å². The van der Waals surface area contributed by atoms with Crippen molar-refractivity contribution in [1.82, 2.24) is 4.98 Å². The third-order valence-corrected chi connectivity index (χ3v) is 6.27. The third kappa shape index (κ3) is 3.89. The number of ether oxygens (including phenoxy) is 1. The summed E-state index contributed by atoms with van der Waals surface area (Å²) >= 11 is 1.44. The second-order valence-electron chi connectivity index (χ2n) is 7.15. The number of benzene rings is 1. The largest absolute Gasteiger partial charge is 0.379 e. The van der Waals surface area contributed by atoms with Crippen molar-refractivity contribution in [3.63, 3.8) is 0 Å². The number of nitrogens with one attached hydrogen (secondary N) is 1. The van der Waals surface area contributed by atoms with Crippen LogP contribution >= 0.6 is 11.8 Å². The quantitative estimate of drug-likeness (QED) is 0.763. The number of anilines is 1. The highest BCUT2D eigenvalue weighted by Gasteiger charge is 2.47. The number of amidine groups is 1. The lowest BCUT2D eigenvalue weighted by molar-refractivity contribution is 0.00304. The number of pyridine rings is 1. The van der Waals surface area contributed by atoms with Crippen LogP contribution in [0.25, 0.3) is 0 Å². The summed E-state index contributed by atoms with van der Waals surface area (Å²) in [4.78, 5) is 20.8. The molecule has 2 aliphatic heterocycles. The smallest absolute Gasteiger partial charge is 0.274 e. The molecule has 0 saturated carbocycles. The molecule has 1 saturated heterocycles. The maximum atomic E-state index is 14.9. The predicted molar refractivity (Wildman–Crippen MR) is 108 cm³/mol. The number of carbonyl (C=O) groups excluding carboxylic acids is 1. The number of hydrogen-bond donors (Lipinski definition) is 2. The number of carbonyl (C=O) groups is 1. The topological polar surface area (TPSA) is 89.6 Å². The van der Waals surface area contributed by atoms with Gasteiger partial charge in [-0.15, -0.1) is 0 Å². The highest BCUT2D eigenvalue weighted by atomic mass is 32.2. The van der Waals surface area contributed by atoms with Crippen molar-refractivity contribution in [2.75, 3.05) is 24.3 Å². The van der Waals surface area contributed by atoms with Gasteiger partial charge >= 0.3 is 0 Å². The Morgan fingerprint density at radius 2 is 2.17 bits per heavy atom. The van der Waals surface area contributed by atoms with E-state index in [4.69, 9.17) is 10.5 Å². The number of alkyl halides is 2. The molecule has 1 aromatic carbocycles. The Morgan fingerprint density at radius 3 is 2.90 bits per heavy atom. The number of fused-ring (bicyclic) bond motifs is 1. The number of aliphatic imine (C=N–C) groups is 1. The first kappa shape index (κ1) is 20.7. The van der Waals surface area contributed by atoms with Gasteiger partial charge in [-0.05, 0) is 36.8 Å². The van der Waals surface area contributed by atoms with Crippen molar-refractivity contribution in [2.24, 2.45) is 16.6 Å². The molecule has 0 spiro atoms. The number of nitrogens with two attached hydrogens (primary N) is 1. The summed E-state index contributed by atoms with van der Waals surface area (Å²) in [6.45, 7) is 0.768. The van der Waals surface area contributed by atoms with Crippen LogP contribution < -0.4 is 11.1 Å². The molecule has 10 heteroatoms. The van der Waals surface area contributed by atoms with Gasteiger partial charge in [0.1, 0.15) is 17.1 Å². The minimum atomic E-state index is -2.67. The molecule has 158 valence electrons. The summed E-state index contributed by atoms with van der Waals surface area (Å²) in [5.74, 6) is -0.307. The molecule has 6 nitrogen and oxygen atoms in total. The zero-order valence-electron chi connectivity index (χ0n) is 15.8. The lowest BCUT2D eigenvalue weighted by Gasteiger charge is -2.43. The Hall–Kier alpha value is -2.59. The van der Waals surface area contributed by atoms with Crippen LogP contribution in [0.1, 0.15) is 34.5 Å². The van der Waals surface area contributed by atoms with E-state index in [1.165, 1.54) is 36.0 Å². The molecule has 3 N–H and O–H groups in total. The summed E-state index contributed by atoms with van der Waals surface area (Å²) in [6.07, 6.45) is -0.989. The van der Waals surface area contributed by atoms with Gasteiger partial charge in [0.25, 0.3) is 12.3 Å². The molecule has 0 bridgehead atoms. The van der Waals surface area contributed by atoms with E-state index >= 15 is 0 Å². The highest BCUT2D eigenvalue weighted by Crippen LogP contribution is 2.45. The maximum absolute atomic E-state index is 14.9. The number of thioether (sulfide) groups is 1. The average Bonchev–Trinajstić information content (AvgIpc) is 2.74. The summed E-state index contributed by atoms with van der Waals surface area (Å²) in [7, 11) is 0. The maximum Gasteiger partial charge on any atom is 0.274 e. The SMILES string of the molecule is NC1=N[C@@]2(c3cc(NC(=O)c4ccc(C(F)F)cn4)ccc3F)COCC[C@H]2CS1. The second-order valence-corrected chi connectivity index (χ2v) is 8.19. The molecule has 1 amide bonds. The van der Waals surface area contributed by atoms with Crippen molar-refractivity contribution in [2.45, 2.75) is 18.4 Å². The van der Waals surface area contributed by atoms with Gasteiger partial charge in [0, 0.05) is 41.3 Å². The van der Waals surface area contributed by atoms with Crippen LogP contribution in [0.2, 0.25) is 0 Å². The molecule has 0 aliphatic carbocycles. The Kier molecular flexibility index (Phi) is 5.70. The van der Waals surface area contributed by atoms with E-state index in [-0.39, 0.29) is 23.8 Å². The van der Waals surface area contributed by atoms with Crippen molar-refractivity contribution in [1.29, 1.82) is 0 Å². The van der Waals surface area contributed by atoms with Crippen LogP contribution in [-0.4, -0.2) is 35.0 Å². The zero-order chi connectivity index (χ0) is 21.3. The van der Waals surface area contributed by atoms with Crippen molar-refractivity contribution in [3.8, 4) is 0 Å². The standard InChI is InChI=1S/C20H19F3N4O2S/c21-15-3-2-13(26-18(28)16-4-1-11(8-25-16)17(22)23)7-14(15)20-10-29-6-5-12(20)9-30-19(24)27-20/h1-4,7-8,12,17H,5-6,9-10H2,(H2,24,27)(H,26,28)/t12-,20-/m0/s1. The normalized spacial score (nSPS) is 23.6. The van der Waals surface area contributed by atoms with E-state index in [1.807, 2.05) is 0 Å². The average molecular weight is 436 g/mol. The van der Waals surface area contributed by atoms with E-state index in [0.29, 0.717) is 28.8 Å². The van der Waals surface area contributed by atoms with E-state index in [0.717, 1.165) is 18.7 Å². The minimum absolute atomic E-state index is 0.0290. The van der Waals surface area contributed by atoms with Gasteiger partial charge in [0.15, 0.2) is 5.17 Å². The molecule has 2 atom stereocenters. The van der Waals surface area contributed by atoms with Crippen LogP contribution in [0.3, 0.4) is 0 Å². The van der Waals surface area contributed by atoms with Crippen molar-refractivity contribution >= 4 is 28.5 Å². The first-order valence-corrected chi connectivity index (χ1v) is 10.3. The van der Waals surface area contributed by atoms with Gasteiger partial charge < -0.3 is 15.8 Å². The van der Waals surface area contributed by atoms with Crippen LogP contribution in [0.4, 0.5) is 18.9 Å². The summed E-state index contributed by atoms with van der Waals surface area (Å²) < 4.78 is 45.8. The van der Waals surface area contributed by atoms with Gasteiger partial charge in [-0.2, -0.15) is 0 Å². The van der Waals surface area contributed by atoms with Crippen LogP contribution in [0, 0.1) is 11.7 Å². The number of aromatic nitrogens is 1. The number of rotatable bonds is 4. The Morgan fingerprint density at radius 1 is 1.33 bits per heavy atom. The minimum Gasteiger partial charge on any atom is -0.379 e. The first-order chi connectivity index (χ1) is 14.4. The van der Waals surface area contributed by atoms with Crippen LogP contribution in [0.15, 0.2) is 41.5 Å². The molecule has 2 aromatic rings. The molecule has 4 rings (SSSR count). The number of nitrogens with zero attached hydrogens (tertiary/aromatic N) is 2. The molecule has 30 heavy (non-hydrogen) atoms. The van der Waals surface area contributed by atoms with Crippen molar-refractivity contribution in [3.05, 3.63) is 59.2 Å². The zero-order valence-corrected chi connectivity index (χ0v) is 16.6. The fraction of sp³-hybridized carbons (Fsp3) is 0.350. The molecule has 3 heterocycles. The monoisotopic (exact) mass is 436 g/mol. The van der Waals surface area contributed by atoms with E-state index in [9.17, 15) is 18.0 Å². The summed E-state index contributed by atoms with van der Waals surface area (Å²) in [5.41, 5.74) is 5.33. The van der Waals surface area contributed by atoms with Gasteiger partial charge in [-0.3, -0.25) is 9.78 Å². The molecular formula is C20H19F3N4O2S. The third-order valence-electron chi connectivity index (χ3n) is 5.31. The second kappa shape index (κ2) is 8.27. The van der Waals surface area contributed by atoms with Gasteiger partial charge in [0.05, 0.1) is 6.61 Å². The molecule has 2 aliphatic rings. The molecule has 1 fully saturated rings. The Balaban J connectivity index is 1.63. The van der Waals surface area contributed by atoms with Gasteiger partial charge in [0.2, 0.25) is 0 Å². The predicted octanol–water partition coefficient (Wildman–Crippen LogP) is 3.70. The molecule has 0 radical (unpaired) electrons. The lowest BCUT2D eigenvalue weighted by Crippen LogP contribution is -2.48. The first-order valence-electron chi connectivity index (χ1n) is 9.30. The van der Waals surface area contributed by atoms with E-state index < -0.39 is 23.7 Å². The number of halogens is 3. The number of hydrogen-bond acceptors (Lipinski definition) is 6. The Bertz CT molecular complexity index is 987. The van der Waals surface area contributed by atoms with Crippen LogP contribution in [0.5, 0.6) is 0 Å². The fourth-order valence-corrected chi connectivity index (χ4v) is 4.77. The molecule has 1 aromatic heterocycles. The van der Waals surface area contributed by atoms with Gasteiger partial charge in [-0.1, -0.05) is 11.8 Å². The Labute approximate surface area is 175 Å². The summed E-state index contributed by atoms with van der Waals surface area (Å²) in [5, 5.41) is 3.01.